The zero-order chi connectivity index (χ0) is 33.6. The van der Waals surface area contributed by atoms with Crippen molar-refractivity contribution >= 4 is 28.8 Å². The van der Waals surface area contributed by atoms with Crippen LogP contribution in [0, 0.1) is 29.1 Å². The molecule has 0 N–H and O–H groups in total. The van der Waals surface area contributed by atoms with Crippen LogP contribution >= 0.6 is 11.8 Å². The molecule has 4 fully saturated rings. The summed E-state index contributed by atoms with van der Waals surface area (Å²) in [7, 11) is 0. The highest BCUT2D eigenvalue weighted by Crippen LogP contribution is 2.89. The summed E-state index contributed by atoms with van der Waals surface area (Å²) < 4.78 is 0. The number of anilines is 3. The molecule has 0 saturated heterocycles. The van der Waals surface area contributed by atoms with Crippen LogP contribution < -0.4 is 4.90 Å². The fourth-order valence-electron chi connectivity index (χ4n) is 13.1. The molecule has 0 aromatic heterocycles. The predicted octanol–water partition coefficient (Wildman–Crippen LogP) is 13.0. The van der Waals surface area contributed by atoms with E-state index in [1.165, 1.54) is 87.6 Å². The molecule has 0 amide bonds. The lowest BCUT2D eigenvalue weighted by molar-refractivity contribution is -0.234. The van der Waals surface area contributed by atoms with Crippen LogP contribution in [0.3, 0.4) is 0 Å². The smallest absolute Gasteiger partial charge is 0.0502 e. The lowest BCUT2D eigenvalue weighted by atomic mass is 9.26. The van der Waals surface area contributed by atoms with Crippen molar-refractivity contribution in [2.24, 2.45) is 29.1 Å². The normalized spacial score (nSPS) is 31.1. The molecular weight excluding hydrogens is 623 g/mol. The lowest BCUT2D eigenvalue weighted by Gasteiger charge is -2.78. The van der Waals surface area contributed by atoms with Gasteiger partial charge in [0.05, 0.1) is 5.69 Å². The van der Waals surface area contributed by atoms with Crippen LogP contribution in [0.1, 0.15) is 88.5 Å². The number of nitrogens with zero attached hydrogens (tertiary/aromatic N) is 1. The first-order chi connectivity index (χ1) is 24.2. The van der Waals surface area contributed by atoms with Gasteiger partial charge in [-0.1, -0.05) is 118 Å². The van der Waals surface area contributed by atoms with E-state index < -0.39 is 0 Å². The highest BCUT2D eigenvalue weighted by atomic mass is 32.2. The molecule has 4 saturated carbocycles. The summed E-state index contributed by atoms with van der Waals surface area (Å²) in [5.41, 5.74) is 13.9. The molecule has 5 aliphatic carbocycles. The van der Waals surface area contributed by atoms with Crippen molar-refractivity contribution in [3.05, 3.63) is 138 Å². The number of rotatable bonds is 4. The fraction of sp³-hybridized carbons (Fsp3) is 0.375. The molecule has 5 aromatic rings. The predicted molar refractivity (Wildman–Crippen MR) is 208 cm³/mol. The standard InChI is InChI=1S/C48H47NS/c1-45(2)22-23-46(3,4)44-37(45)19-13-20-38(44)49(33-16-9-6-10-17-33)34-27-35(31-14-7-5-8-15-31)43-40(28-34)50-39-21-12-11-18-36(39)48(43)41-25-30-24-32-26-42(48)47(32,41)29-30/h5-21,27-28,30,32,41-42H,22-26,29H2,1-4H3. The summed E-state index contributed by atoms with van der Waals surface area (Å²) in [4.78, 5) is 5.58. The van der Waals surface area contributed by atoms with E-state index in [-0.39, 0.29) is 16.2 Å². The van der Waals surface area contributed by atoms with Gasteiger partial charge >= 0.3 is 0 Å². The van der Waals surface area contributed by atoms with E-state index in [9.17, 15) is 0 Å². The summed E-state index contributed by atoms with van der Waals surface area (Å²) in [5, 5.41) is 0. The monoisotopic (exact) mass is 669 g/mol. The van der Waals surface area contributed by atoms with Crippen LogP contribution in [-0.4, -0.2) is 0 Å². The van der Waals surface area contributed by atoms with Crippen LogP contribution in [0.25, 0.3) is 11.1 Å². The third-order valence-corrected chi connectivity index (χ3v) is 16.1. The van der Waals surface area contributed by atoms with Crippen molar-refractivity contribution in [3.63, 3.8) is 0 Å². The van der Waals surface area contributed by atoms with Gasteiger partial charge in [-0.2, -0.15) is 0 Å². The Hall–Kier alpha value is -3.75. The molecule has 11 rings (SSSR count). The first kappa shape index (κ1) is 29.9. The highest BCUT2D eigenvalue weighted by Gasteiger charge is 2.84. The van der Waals surface area contributed by atoms with Gasteiger partial charge < -0.3 is 4.90 Å². The molecule has 2 bridgehead atoms. The highest BCUT2D eigenvalue weighted by molar-refractivity contribution is 7.99. The molecule has 2 spiro atoms. The maximum Gasteiger partial charge on any atom is 0.0502 e. The van der Waals surface area contributed by atoms with Gasteiger partial charge in [-0.05, 0) is 148 Å². The van der Waals surface area contributed by atoms with Crippen molar-refractivity contribution in [3.8, 4) is 11.1 Å². The van der Waals surface area contributed by atoms with Gasteiger partial charge in [0, 0.05) is 26.6 Å². The molecule has 2 heteroatoms. The maximum absolute atomic E-state index is 2.61. The third-order valence-electron chi connectivity index (χ3n) is 15.0. The van der Waals surface area contributed by atoms with E-state index >= 15 is 0 Å². The Kier molecular flexibility index (Phi) is 5.97. The van der Waals surface area contributed by atoms with Gasteiger partial charge in [0.15, 0.2) is 0 Å². The Morgan fingerprint density at radius 2 is 1.30 bits per heavy atom. The van der Waals surface area contributed by atoms with E-state index in [0.29, 0.717) is 5.41 Å². The molecule has 0 radical (unpaired) electrons. The molecule has 6 atom stereocenters. The molecule has 1 heterocycles. The Morgan fingerprint density at radius 1 is 0.600 bits per heavy atom. The quantitative estimate of drug-likeness (QED) is 0.187. The Balaban J connectivity index is 1.20. The Morgan fingerprint density at radius 3 is 2.10 bits per heavy atom. The molecule has 5 aromatic carbocycles. The van der Waals surface area contributed by atoms with Crippen LogP contribution in [0.2, 0.25) is 0 Å². The number of hydrogen-bond acceptors (Lipinski definition) is 2. The first-order valence-corrected chi connectivity index (χ1v) is 20.1. The summed E-state index contributed by atoms with van der Waals surface area (Å²) >= 11 is 2.04. The molecule has 50 heavy (non-hydrogen) atoms. The van der Waals surface area contributed by atoms with Crippen molar-refractivity contribution in [1.82, 2.24) is 0 Å². The summed E-state index contributed by atoms with van der Waals surface area (Å²) in [6.07, 6.45) is 8.22. The minimum Gasteiger partial charge on any atom is -0.310 e. The zero-order valence-corrected chi connectivity index (χ0v) is 30.7. The summed E-state index contributed by atoms with van der Waals surface area (Å²) in [6.45, 7) is 9.84. The molecule has 1 aliphatic heterocycles. The second-order valence-corrected chi connectivity index (χ2v) is 19.1. The number of para-hydroxylation sites is 1. The molecule has 250 valence electrons. The number of benzene rings is 5. The van der Waals surface area contributed by atoms with Crippen LogP contribution in [-0.2, 0) is 16.2 Å². The minimum atomic E-state index is 0.0749. The minimum absolute atomic E-state index is 0.0749. The fourth-order valence-corrected chi connectivity index (χ4v) is 14.4. The largest absolute Gasteiger partial charge is 0.310 e. The maximum atomic E-state index is 2.61. The summed E-state index contributed by atoms with van der Waals surface area (Å²) in [6, 6.07) is 44.5. The molecule has 1 nitrogen and oxygen atoms in total. The average molecular weight is 670 g/mol. The van der Waals surface area contributed by atoms with E-state index in [2.05, 4.69) is 148 Å². The van der Waals surface area contributed by atoms with Crippen molar-refractivity contribution in [2.75, 3.05) is 4.90 Å². The van der Waals surface area contributed by atoms with E-state index in [0.717, 1.165) is 23.7 Å². The Bertz CT molecular complexity index is 2200. The van der Waals surface area contributed by atoms with Gasteiger partial charge in [0.2, 0.25) is 0 Å². The van der Waals surface area contributed by atoms with Crippen LogP contribution in [0.15, 0.2) is 125 Å². The van der Waals surface area contributed by atoms with Crippen LogP contribution in [0.5, 0.6) is 0 Å². The van der Waals surface area contributed by atoms with E-state index in [1.807, 2.05) is 11.8 Å². The van der Waals surface area contributed by atoms with Crippen LogP contribution in [0.4, 0.5) is 17.1 Å². The number of fused-ring (bicyclic) bond motifs is 8. The summed E-state index contributed by atoms with van der Waals surface area (Å²) in [5.74, 6) is 3.43. The SMILES string of the molecule is CC1(C)CCC(C)(C)c2c(N(c3ccccc3)c3cc4c(c(-c5ccccc5)c3)C3(c5ccccc5S4)C4CC5CC6CC3C64C5)cccc21. The molecule has 6 unspecified atom stereocenters. The van der Waals surface area contributed by atoms with Gasteiger partial charge in [-0.25, -0.2) is 0 Å². The topological polar surface area (TPSA) is 3.24 Å². The number of hydrogen-bond donors (Lipinski definition) is 0. The van der Waals surface area contributed by atoms with Crippen molar-refractivity contribution in [1.29, 1.82) is 0 Å². The van der Waals surface area contributed by atoms with E-state index in [1.54, 1.807) is 11.1 Å². The second kappa shape index (κ2) is 9.97. The van der Waals surface area contributed by atoms with Crippen molar-refractivity contribution < 1.29 is 0 Å². The Labute approximate surface area is 302 Å². The lowest BCUT2D eigenvalue weighted by Crippen LogP contribution is -2.74. The van der Waals surface area contributed by atoms with Gasteiger partial charge in [-0.3, -0.25) is 0 Å². The van der Waals surface area contributed by atoms with Gasteiger partial charge in [-0.15, -0.1) is 0 Å². The van der Waals surface area contributed by atoms with Gasteiger partial charge in [0.1, 0.15) is 0 Å². The third kappa shape index (κ3) is 3.62. The van der Waals surface area contributed by atoms with E-state index in [4.69, 9.17) is 0 Å². The van der Waals surface area contributed by atoms with Crippen molar-refractivity contribution in [2.45, 2.75) is 92.3 Å². The molecule has 6 aliphatic rings. The van der Waals surface area contributed by atoms with Gasteiger partial charge in [0.25, 0.3) is 0 Å². The zero-order valence-electron chi connectivity index (χ0n) is 29.9. The molecular formula is C48H47NS. The second-order valence-electron chi connectivity index (χ2n) is 18.0. The first-order valence-electron chi connectivity index (χ1n) is 19.2. The average Bonchev–Trinajstić information content (AvgIpc) is 3.66.